The van der Waals surface area contributed by atoms with Gasteiger partial charge in [0.1, 0.15) is 31.3 Å². The number of para-hydroxylation sites is 2. The van der Waals surface area contributed by atoms with E-state index in [0.717, 1.165) is 25.1 Å². The summed E-state index contributed by atoms with van der Waals surface area (Å²) in [5.74, 6) is 1.48. The lowest BCUT2D eigenvalue weighted by molar-refractivity contribution is 0.0105. The molecule has 8 nitrogen and oxygen atoms in total. The van der Waals surface area contributed by atoms with E-state index in [1.165, 1.54) is 16.3 Å². The third-order valence-electron chi connectivity index (χ3n) is 7.37. The second-order valence-corrected chi connectivity index (χ2v) is 11.4. The van der Waals surface area contributed by atoms with Crippen molar-refractivity contribution in [2.24, 2.45) is 0 Å². The molecule has 1 saturated heterocycles. The highest BCUT2D eigenvalue weighted by Gasteiger charge is 2.28. The van der Waals surface area contributed by atoms with Crippen LogP contribution < -0.4 is 19.5 Å². The summed E-state index contributed by atoms with van der Waals surface area (Å²) in [5.41, 5.74) is 2.24. The first-order valence-electron chi connectivity index (χ1n) is 15.2. The van der Waals surface area contributed by atoms with Crippen LogP contribution in [0.3, 0.4) is 0 Å². The molecule has 240 valence electrons. The topological polar surface area (TPSA) is 95.0 Å². The Morgan fingerprint density at radius 1 is 0.739 bits per heavy atom. The second-order valence-electron chi connectivity index (χ2n) is 10.6. The van der Waals surface area contributed by atoms with Crippen LogP contribution in [0.2, 0.25) is 10.0 Å². The Kier molecular flexibility index (Phi) is 12.9. The number of hydrogen-bond acceptors (Lipinski definition) is 8. The highest BCUT2D eigenvalue weighted by Crippen LogP contribution is 2.29. The average Bonchev–Trinajstić information content (AvgIpc) is 3.10. The van der Waals surface area contributed by atoms with Gasteiger partial charge in [-0.15, -0.1) is 0 Å². The number of nitrogens with zero attached hydrogens (tertiary/aromatic N) is 2. The number of halogens is 2. The van der Waals surface area contributed by atoms with Crippen LogP contribution in [-0.2, 0) is 11.3 Å². The second kappa shape index (κ2) is 17.7. The maximum Gasteiger partial charge on any atom is 0.316 e. The first-order valence-corrected chi connectivity index (χ1v) is 16.0. The molecule has 1 fully saturated rings. The van der Waals surface area contributed by atoms with Crippen molar-refractivity contribution in [3.63, 3.8) is 0 Å². The summed E-state index contributed by atoms with van der Waals surface area (Å²) in [6.07, 6.45) is 4.71. The zero-order valence-electron chi connectivity index (χ0n) is 25.4. The lowest BCUT2D eigenvalue weighted by atomic mass is 9.89. The van der Waals surface area contributed by atoms with Crippen molar-refractivity contribution in [1.82, 2.24) is 15.3 Å². The summed E-state index contributed by atoms with van der Waals surface area (Å²) in [6, 6.07) is 29.7. The molecule has 0 bridgehead atoms. The molecule has 6 rings (SSSR count). The summed E-state index contributed by atoms with van der Waals surface area (Å²) >= 11 is 11.9. The predicted octanol–water partition coefficient (Wildman–Crippen LogP) is 7.11. The fraction of sp³-hybridized carbons (Fsp3) is 0.278. The Morgan fingerprint density at radius 3 is 2.07 bits per heavy atom. The van der Waals surface area contributed by atoms with Gasteiger partial charge in [0.25, 0.3) is 0 Å². The number of aliphatic hydroxyl groups is 1. The number of benzene rings is 4. The van der Waals surface area contributed by atoms with Gasteiger partial charge in [-0.25, -0.2) is 9.97 Å². The van der Waals surface area contributed by atoms with E-state index in [0.29, 0.717) is 47.4 Å². The molecule has 46 heavy (non-hydrogen) atoms. The van der Waals surface area contributed by atoms with Crippen molar-refractivity contribution in [2.75, 3.05) is 39.5 Å². The normalized spacial score (nSPS) is 15.9. The van der Waals surface area contributed by atoms with Crippen LogP contribution in [0, 0.1) is 0 Å². The lowest BCUT2D eigenvalue weighted by Crippen LogP contribution is -2.41. The molecule has 10 heteroatoms. The van der Waals surface area contributed by atoms with Crippen molar-refractivity contribution >= 4 is 34.0 Å². The van der Waals surface area contributed by atoms with Gasteiger partial charge < -0.3 is 29.4 Å². The van der Waals surface area contributed by atoms with Crippen LogP contribution in [0.15, 0.2) is 103 Å². The van der Waals surface area contributed by atoms with Crippen molar-refractivity contribution in [1.29, 1.82) is 0 Å². The Labute approximate surface area is 279 Å². The van der Waals surface area contributed by atoms with Gasteiger partial charge >= 0.3 is 6.01 Å². The molecular weight excluding hydrogens is 625 g/mol. The van der Waals surface area contributed by atoms with E-state index in [4.69, 9.17) is 47.3 Å². The van der Waals surface area contributed by atoms with E-state index in [9.17, 15) is 0 Å². The molecular formula is C36H37Cl2N3O5. The van der Waals surface area contributed by atoms with E-state index >= 15 is 0 Å². The molecule has 1 aromatic heterocycles. The molecule has 2 heterocycles. The van der Waals surface area contributed by atoms with Crippen LogP contribution in [0.25, 0.3) is 10.8 Å². The number of piperidine rings is 1. The van der Waals surface area contributed by atoms with E-state index in [-0.39, 0.29) is 25.2 Å². The number of ether oxygens (including phenoxy) is 4. The first-order chi connectivity index (χ1) is 22.6. The SMILES string of the molecule is Clc1ccccc1OCCOc1ncc(C2CCNCC2OCc2ccc3ccccc3c2)cn1.OCCOc1ccccc1Cl. The maximum atomic E-state index is 8.45. The molecule has 2 unspecified atom stereocenters. The van der Waals surface area contributed by atoms with Gasteiger partial charge in [-0.05, 0) is 65.2 Å². The highest BCUT2D eigenvalue weighted by atomic mass is 35.5. The van der Waals surface area contributed by atoms with Gasteiger partial charge in [0, 0.05) is 24.9 Å². The van der Waals surface area contributed by atoms with Gasteiger partial charge in [-0.1, -0.05) is 83.9 Å². The average molecular weight is 663 g/mol. The van der Waals surface area contributed by atoms with Crippen LogP contribution in [0.1, 0.15) is 23.5 Å². The number of aromatic nitrogens is 2. The van der Waals surface area contributed by atoms with Crippen LogP contribution in [0.4, 0.5) is 0 Å². The van der Waals surface area contributed by atoms with Crippen molar-refractivity contribution in [3.05, 3.63) is 125 Å². The molecule has 0 amide bonds. The number of nitrogens with one attached hydrogen (secondary N) is 1. The number of hydrogen-bond donors (Lipinski definition) is 2. The molecule has 1 aliphatic heterocycles. The minimum absolute atomic E-state index is 0.00518. The largest absolute Gasteiger partial charge is 0.490 e. The molecule has 0 saturated carbocycles. The Bertz CT molecular complexity index is 1660. The molecule has 0 radical (unpaired) electrons. The quantitative estimate of drug-likeness (QED) is 0.137. The zero-order chi connectivity index (χ0) is 32.0. The van der Waals surface area contributed by atoms with E-state index in [2.05, 4.69) is 57.7 Å². The minimum atomic E-state index is 0.00518. The van der Waals surface area contributed by atoms with E-state index in [1.807, 2.05) is 42.7 Å². The summed E-state index contributed by atoms with van der Waals surface area (Å²) in [6.45, 7) is 3.29. The Balaban J connectivity index is 0.000000322. The van der Waals surface area contributed by atoms with Gasteiger partial charge in [0.05, 0.1) is 29.4 Å². The van der Waals surface area contributed by atoms with E-state index < -0.39 is 0 Å². The fourth-order valence-corrected chi connectivity index (χ4v) is 5.45. The Morgan fingerprint density at radius 2 is 1.37 bits per heavy atom. The summed E-state index contributed by atoms with van der Waals surface area (Å²) < 4.78 is 22.8. The monoisotopic (exact) mass is 661 g/mol. The number of fused-ring (bicyclic) bond motifs is 1. The van der Waals surface area contributed by atoms with Crippen molar-refractivity contribution in [3.8, 4) is 17.5 Å². The molecule has 2 atom stereocenters. The number of aliphatic hydroxyl groups excluding tert-OH is 1. The summed E-state index contributed by atoms with van der Waals surface area (Å²) in [4.78, 5) is 8.82. The smallest absolute Gasteiger partial charge is 0.316 e. The molecule has 5 aromatic rings. The predicted molar refractivity (Wildman–Crippen MR) is 181 cm³/mol. The zero-order valence-corrected chi connectivity index (χ0v) is 26.9. The van der Waals surface area contributed by atoms with Gasteiger partial charge in [-0.3, -0.25) is 0 Å². The molecule has 4 aromatic carbocycles. The van der Waals surface area contributed by atoms with Crippen LogP contribution in [0.5, 0.6) is 17.5 Å². The Hall–Kier alpha value is -3.92. The fourth-order valence-electron chi connectivity index (χ4n) is 5.07. The highest BCUT2D eigenvalue weighted by molar-refractivity contribution is 6.32. The summed E-state index contributed by atoms with van der Waals surface area (Å²) in [7, 11) is 0. The minimum Gasteiger partial charge on any atom is -0.490 e. The van der Waals surface area contributed by atoms with Crippen molar-refractivity contribution < 1.29 is 24.1 Å². The van der Waals surface area contributed by atoms with Crippen LogP contribution >= 0.6 is 23.2 Å². The molecule has 0 spiro atoms. The van der Waals surface area contributed by atoms with Gasteiger partial charge in [0.2, 0.25) is 0 Å². The lowest BCUT2D eigenvalue weighted by Gasteiger charge is -2.32. The van der Waals surface area contributed by atoms with E-state index in [1.54, 1.807) is 18.2 Å². The third kappa shape index (κ3) is 9.79. The van der Waals surface area contributed by atoms with Gasteiger partial charge in [-0.2, -0.15) is 0 Å². The first kappa shape index (κ1) is 33.4. The van der Waals surface area contributed by atoms with Gasteiger partial charge in [0.15, 0.2) is 0 Å². The standard InChI is InChI=1S/C28H28ClN3O3.C8H9ClO2/c29-25-7-3-4-8-26(25)33-13-14-34-28-31-16-23(17-32-28)24-11-12-30-18-27(24)35-19-20-9-10-21-5-1-2-6-22(21)15-20;9-7-3-1-2-4-8(7)11-6-5-10/h1-10,15-17,24,27,30H,11-14,18-19H2;1-4,10H,5-6H2. The molecule has 0 aliphatic carbocycles. The third-order valence-corrected chi connectivity index (χ3v) is 8.00. The maximum absolute atomic E-state index is 8.45. The molecule has 2 N–H and O–H groups in total. The number of rotatable bonds is 12. The summed E-state index contributed by atoms with van der Waals surface area (Å²) in [5, 5.41) is 15.5. The molecule has 1 aliphatic rings. The van der Waals surface area contributed by atoms with Crippen LogP contribution in [-0.4, -0.2) is 60.7 Å². The van der Waals surface area contributed by atoms with Crippen molar-refractivity contribution in [2.45, 2.75) is 25.0 Å².